The van der Waals surface area contributed by atoms with E-state index in [-0.39, 0.29) is 16.9 Å². The van der Waals surface area contributed by atoms with Gasteiger partial charge in [0.1, 0.15) is 5.75 Å². The van der Waals surface area contributed by atoms with Crippen LogP contribution < -0.4 is 0 Å². The van der Waals surface area contributed by atoms with E-state index < -0.39 is 16.6 Å². The fourth-order valence-electron chi connectivity index (χ4n) is 1.18. The summed E-state index contributed by atoms with van der Waals surface area (Å²) in [5, 5.41) is 18.3. The van der Waals surface area contributed by atoms with Crippen LogP contribution in [0.3, 0.4) is 0 Å². The SMILES string of the molecule is CC(Br)C(=O)c1c(O)cccc1C(=O)O. The third kappa shape index (κ3) is 2.36. The molecule has 0 spiro atoms. The summed E-state index contributed by atoms with van der Waals surface area (Å²) in [5.41, 5.74) is -0.347. The third-order valence-electron chi connectivity index (χ3n) is 1.88. The largest absolute Gasteiger partial charge is 0.507 e. The number of Topliss-reactive ketones (excluding diaryl/α,β-unsaturated/α-hetero) is 1. The Morgan fingerprint density at radius 1 is 1.40 bits per heavy atom. The summed E-state index contributed by atoms with van der Waals surface area (Å²) in [6.45, 7) is 1.57. The topological polar surface area (TPSA) is 74.6 Å². The number of alkyl halides is 1. The van der Waals surface area contributed by atoms with Gasteiger partial charge < -0.3 is 10.2 Å². The van der Waals surface area contributed by atoms with E-state index in [0.717, 1.165) is 0 Å². The number of phenolic OH excluding ortho intramolecular Hbond substituents is 1. The van der Waals surface area contributed by atoms with Gasteiger partial charge >= 0.3 is 5.97 Å². The van der Waals surface area contributed by atoms with Gasteiger partial charge in [0.2, 0.25) is 0 Å². The van der Waals surface area contributed by atoms with Crippen LogP contribution in [0.1, 0.15) is 27.6 Å². The Kier molecular flexibility index (Phi) is 3.47. The molecule has 15 heavy (non-hydrogen) atoms. The highest BCUT2D eigenvalue weighted by Gasteiger charge is 2.22. The molecule has 0 bridgehead atoms. The van der Waals surface area contributed by atoms with Crippen LogP contribution in [0.2, 0.25) is 0 Å². The van der Waals surface area contributed by atoms with Crippen molar-refractivity contribution in [3.05, 3.63) is 29.3 Å². The van der Waals surface area contributed by atoms with E-state index >= 15 is 0 Å². The average Bonchev–Trinajstić information content (AvgIpc) is 2.16. The van der Waals surface area contributed by atoms with Crippen LogP contribution in [0.4, 0.5) is 0 Å². The molecule has 1 aromatic carbocycles. The molecular weight excluding hydrogens is 264 g/mol. The van der Waals surface area contributed by atoms with E-state index in [1.165, 1.54) is 18.2 Å². The Morgan fingerprint density at radius 3 is 2.47 bits per heavy atom. The first-order valence-electron chi connectivity index (χ1n) is 4.18. The second kappa shape index (κ2) is 4.44. The van der Waals surface area contributed by atoms with Gasteiger partial charge in [0.25, 0.3) is 0 Å². The maximum absolute atomic E-state index is 11.6. The highest BCUT2D eigenvalue weighted by Crippen LogP contribution is 2.24. The molecule has 2 N–H and O–H groups in total. The van der Waals surface area contributed by atoms with Crippen molar-refractivity contribution in [2.45, 2.75) is 11.8 Å². The molecule has 0 radical (unpaired) electrons. The highest BCUT2D eigenvalue weighted by atomic mass is 79.9. The fourth-order valence-corrected chi connectivity index (χ4v) is 1.41. The summed E-state index contributed by atoms with van der Waals surface area (Å²) in [6, 6.07) is 3.95. The number of aromatic carboxylic acids is 1. The number of hydrogen-bond donors (Lipinski definition) is 2. The van der Waals surface area contributed by atoms with Crippen molar-refractivity contribution in [1.29, 1.82) is 0 Å². The molecule has 1 atom stereocenters. The van der Waals surface area contributed by atoms with Gasteiger partial charge in [-0.05, 0) is 19.1 Å². The first-order valence-corrected chi connectivity index (χ1v) is 5.10. The molecule has 5 heteroatoms. The van der Waals surface area contributed by atoms with Gasteiger partial charge in [0.15, 0.2) is 5.78 Å². The summed E-state index contributed by atoms with van der Waals surface area (Å²) in [5.74, 6) is -2.00. The zero-order valence-corrected chi connectivity index (χ0v) is 9.48. The van der Waals surface area contributed by atoms with Crippen molar-refractivity contribution >= 4 is 27.7 Å². The van der Waals surface area contributed by atoms with Gasteiger partial charge in [-0.25, -0.2) is 4.79 Å². The van der Waals surface area contributed by atoms with Crippen molar-refractivity contribution in [3.8, 4) is 5.75 Å². The third-order valence-corrected chi connectivity index (χ3v) is 2.30. The smallest absolute Gasteiger partial charge is 0.336 e. The van der Waals surface area contributed by atoms with Crippen molar-refractivity contribution in [1.82, 2.24) is 0 Å². The van der Waals surface area contributed by atoms with E-state index in [9.17, 15) is 14.7 Å². The number of halogens is 1. The van der Waals surface area contributed by atoms with Crippen LogP contribution in [0.15, 0.2) is 18.2 Å². The number of carboxylic acid groups (broad SMARTS) is 1. The predicted octanol–water partition coefficient (Wildman–Crippen LogP) is 2.06. The fraction of sp³-hybridized carbons (Fsp3) is 0.200. The normalized spacial score (nSPS) is 12.1. The number of ketones is 1. The molecule has 0 fully saturated rings. The van der Waals surface area contributed by atoms with Crippen molar-refractivity contribution in [2.24, 2.45) is 0 Å². The number of carbonyl (C=O) groups is 2. The highest BCUT2D eigenvalue weighted by molar-refractivity contribution is 9.10. The molecule has 80 valence electrons. The molecule has 1 unspecified atom stereocenters. The zero-order valence-electron chi connectivity index (χ0n) is 7.90. The predicted molar refractivity (Wildman–Crippen MR) is 57.8 cm³/mol. The Hall–Kier alpha value is -1.36. The van der Waals surface area contributed by atoms with Gasteiger partial charge in [0, 0.05) is 0 Å². The summed E-state index contributed by atoms with van der Waals surface area (Å²) in [6.07, 6.45) is 0. The number of benzene rings is 1. The summed E-state index contributed by atoms with van der Waals surface area (Å²) in [7, 11) is 0. The molecule has 0 heterocycles. The lowest BCUT2D eigenvalue weighted by Crippen LogP contribution is -2.15. The van der Waals surface area contributed by atoms with E-state index in [4.69, 9.17) is 5.11 Å². The molecule has 1 aromatic rings. The minimum Gasteiger partial charge on any atom is -0.507 e. The zero-order chi connectivity index (χ0) is 11.6. The average molecular weight is 273 g/mol. The molecule has 0 amide bonds. The first-order chi connectivity index (χ1) is 6.95. The number of carboxylic acids is 1. The van der Waals surface area contributed by atoms with Gasteiger partial charge in [-0.15, -0.1) is 0 Å². The lowest BCUT2D eigenvalue weighted by Gasteiger charge is -2.08. The van der Waals surface area contributed by atoms with Crippen LogP contribution in [0.25, 0.3) is 0 Å². The molecule has 4 nitrogen and oxygen atoms in total. The monoisotopic (exact) mass is 272 g/mol. The lowest BCUT2D eigenvalue weighted by molar-refractivity contribution is 0.0691. The summed E-state index contributed by atoms with van der Waals surface area (Å²) >= 11 is 3.04. The molecule has 0 aliphatic heterocycles. The van der Waals surface area contributed by atoms with Crippen LogP contribution in [-0.2, 0) is 0 Å². The van der Waals surface area contributed by atoms with Crippen LogP contribution in [0, 0.1) is 0 Å². The van der Waals surface area contributed by atoms with Crippen LogP contribution in [-0.4, -0.2) is 26.8 Å². The molecule has 0 saturated heterocycles. The van der Waals surface area contributed by atoms with Crippen molar-refractivity contribution in [3.63, 3.8) is 0 Å². The standard InChI is InChI=1S/C10H9BrO4/c1-5(11)9(13)8-6(10(14)15)3-2-4-7(8)12/h2-5,12H,1H3,(H,14,15). The molecule has 0 aliphatic rings. The number of hydrogen-bond acceptors (Lipinski definition) is 3. The summed E-state index contributed by atoms with van der Waals surface area (Å²) < 4.78 is 0. The Bertz CT molecular complexity index is 412. The number of aromatic hydroxyl groups is 1. The molecular formula is C10H9BrO4. The van der Waals surface area contributed by atoms with Gasteiger partial charge in [-0.1, -0.05) is 22.0 Å². The van der Waals surface area contributed by atoms with Gasteiger partial charge in [-0.3, -0.25) is 4.79 Å². The van der Waals surface area contributed by atoms with Gasteiger partial charge in [-0.2, -0.15) is 0 Å². The second-order valence-electron chi connectivity index (χ2n) is 2.99. The first kappa shape index (κ1) is 11.7. The van der Waals surface area contributed by atoms with E-state index in [1.807, 2.05) is 0 Å². The lowest BCUT2D eigenvalue weighted by atomic mass is 10.0. The Balaban J connectivity index is 3.37. The van der Waals surface area contributed by atoms with E-state index in [2.05, 4.69) is 15.9 Å². The van der Waals surface area contributed by atoms with Crippen LogP contribution in [0.5, 0.6) is 5.75 Å². The number of rotatable bonds is 3. The Morgan fingerprint density at radius 2 is 2.00 bits per heavy atom. The number of phenols is 1. The van der Waals surface area contributed by atoms with E-state index in [0.29, 0.717) is 0 Å². The maximum atomic E-state index is 11.6. The molecule has 0 saturated carbocycles. The Labute approximate surface area is 94.7 Å². The van der Waals surface area contributed by atoms with E-state index in [1.54, 1.807) is 6.92 Å². The minimum absolute atomic E-state index is 0.158. The van der Waals surface area contributed by atoms with Crippen molar-refractivity contribution in [2.75, 3.05) is 0 Å². The maximum Gasteiger partial charge on any atom is 0.336 e. The van der Waals surface area contributed by atoms with Crippen LogP contribution >= 0.6 is 15.9 Å². The molecule has 0 aromatic heterocycles. The second-order valence-corrected chi connectivity index (χ2v) is 4.36. The minimum atomic E-state index is -1.23. The molecule has 0 aliphatic carbocycles. The van der Waals surface area contributed by atoms with Gasteiger partial charge in [0.05, 0.1) is 16.0 Å². The molecule has 1 rings (SSSR count). The summed E-state index contributed by atoms with van der Waals surface area (Å²) in [4.78, 5) is 21.9. The number of carbonyl (C=O) groups excluding carboxylic acids is 1. The quantitative estimate of drug-likeness (QED) is 0.653. The van der Waals surface area contributed by atoms with Crippen molar-refractivity contribution < 1.29 is 19.8 Å².